The molecule has 0 unspecified atom stereocenters. The number of carbonyl (C=O) groups is 3. The number of hydrogen-bond donors (Lipinski definition) is 0. The van der Waals surface area contributed by atoms with E-state index in [1.165, 1.54) is 17.1 Å². The first kappa shape index (κ1) is 40.3. The molecule has 1 saturated heterocycles. The first-order chi connectivity index (χ1) is 26.2. The molecule has 0 radical (unpaired) electrons. The Bertz CT molecular complexity index is 1950. The average Bonchev–Trinajstić information content (AvgIpc) is 3.16. The van der Waals surface area contributed by atoms with Crippen molar-refractivity contribution >= 4 is 80.5 Å². The van der Waals surface area contributed by atoms with E-state index in [9.17, 15) is 24.0 Å². The topological polar surface area (TPSA) is 146 Å². The van der Waals surface area contributed by atoms with E-state index in [0.717, 1.165) is 28.7 Å². The molecule has 10 nitrogen and oxygen atoms in total. The van der Waals surface area contributed by atoms with Crippen LogP contribution in [0.3, 0.4) is 0 Å². The van der Waals surface area contributed by atoms with Gasteiger partial charge in [-0.25, -0.2) is 14.5 Å². The number of aliphatic imine (C=N–C) groups is 2. The Hall–Kier alpha value is -4.51. The number of carbonyl (C=O) groups excluding carboxylic acids is 5. The van der Waals surface area contributed by atoms with E-state index in [0.29, 0.717) is 34.1 Å². The Kier molecular flexibility index (Phi) is 17.9. The maximum absolute atomic E-state index is 12.0. The molecule has 0 atom stereocenters. The number of anilines is 1. The number of β-lactam (4-membered cyclic amide) rings is 2. The molecular weight excluding hydrogens is 910 g/mol. The van der Waals surface area contributed by atoms with Crippen LogP contribution in [0.1, 0.15) is 51.3 Å². The summed E-state index contributed by atoms with van der Waals surface area (Å²) in [5, 5.41) is 8.12. The molecule has 52 heavy (non-hydrogen) atoms. The maximum atomic E-state index is 12.0. The molecule has 4 aromatic rings. The predicted molar refractivity (Wildman–Crippen MR) is 208 cm³/mol. The van der Waals surface area contributed by atoms with Crippen molar-refractivity contribution in [1.29, 1.82) is 6.45 Å². The fourth-order valence-corrected chi connectivity index (χ4v) is 4.37. The van der Waals surface area contributed by atoms with E-state index in [-0.39, 0.29) is 23.0 Å². The molecular formula is C39H38ClI2N4O6-. The van der Waals surface area contributed by atoms with Gasteiger partial charge >= 0.3 is 24.8 Å². The van der Waals surface area contributed by atoms with Gasteiger partial charge in [0.15, 0.2) is 0 Å². The monoisotopic (exact) mass is 950 g/mol. The van der Waals surface area contributed by atoms with E-state index >= 15 is 0 Å². The van der Waals surface area contributed by atoms with Gasteiger partial charge in [-0.2, -0.15) is 9.98 Å². The van der Waals surface area contributed by atoms with Gasteiger partial charge in [0.1, 0.15) is 11.2 Å². The number of ether oxygens (including phenoxy) is 1. The molecule has 1 aliphatic rings. The molecule has 1 fully saturated rings. The van der Waals surface area contributed by atoms with E-state index in [4.69, 9.17) is 24.2 Å². The minimum absolute atomic E-state index is 0.0216. The molecule has 272 valence electrons. The van der Waals surface area contributed by atoms with Crippen molar-refractivity contribution < 1.29 is 53.7 Å². The fourth-order valence-electron chi connectivity index (χ4n) is 4.37. The van der Waals surface area contributed by atoms with Gasteiger partial charge in [-0.1, -0.05) is 85.0 Å². The van der Waals surface area contributed by atoms with Crippen molar-refractivity contribution in [1.82, 2.24) is 0 Å². The molecule has 4 aromatic carbocycles. The van der Waals surface area contributed by atoms with Crippen molar-refractivity contribution in [3.63, 3.8) is 0 Å². The van der Waals surface area contributed by atoms with Crippen LogP contribution in [0.15, 0.2) is 107 Å². The quantitative estimate of drug-likeness (QED) is 0.0329. The number of isocyanates is 2. The predicted octanol–water partition coefficient (Wildman–Crippen LogP) is 5.18. The average molecular weight is 951 g/mol. The van der Waals surface area contributed by atoms with E-state index in [1.54, 1.807) is 82.5 Å². The molecule has 0 bridgehead atoms. The fraction of sp³-hybridized carbons (Fsp3) is 0.231. The van der Waals surface area contributed by atoms with Crippen LogP contribution in [-0.2, 0) is 36.8 Å². The number of halogens is 3. The Balaban J connectivity index is 0.000000433. The summed E-state index contributed by atoms with van der Waals surface area (Å²) in [6.45, 7) is 6.80. The van der Waals surface area contributed by atoms with Gasteiger partial charge in [-0.05, 0) is 114 Å². The SMILES string of the molecule is CC(C)C(=O)Cl.CC1(C)C(=O)N(c2ccc(Cc3ccc(N=C=O)cc3)cc2)C1=O.N#COc1ccc(Cc2ccc(N=C=O)cc2)cc1.[2H]CI.[2H][I-][2H]. The molecule has 1 heterocycles. The normalized spacial score (nSPS) is 12.5. The van der Waals surface area contributed by atoms with Gasteiger partial charge in [-0.15, -0.1) is 5.26 Å². The summed E-state index contributed by atoms with van der Waals surface area (Å²) in [6, 6.07) is 29.4. The van der Waals surface area contributed by atoms with Gasteiger partial charge in [-0.3, -0.25) is 14.4 Å². The second-order valence-electron chi connectivity index (χ2n) is 11.6. The number of rotatable bonds is 9. The Morgan fingerprint density at radius 1 is 0.846 bits per heavy atom. The molecule has 0 N–H and O–H groups in total. The first-order valence-corrected chi connectivity index (χ1v) is 17.2. The summed E-state index contributed by atoms with van der Waals surface area (Å²) < 4.78 is 22.9. The first-order valence-electron chi connectivity index (χ1n) is 16.8. The van der Waals surface area contributed by atoms with Crippen molar-refractivity contribution in [2.24, 2.45) is 21.3 Å². The number of hydrogen-bond acceptors (Lipinski definition) is 9. The summed E-state index contributed by atoms with van der Waals surface area (Å²) in [5.74, 6) is 0.159. The third-order valence-electron chi connectivity index (χ3n) is 7.25. The van der Waals surface area contributed by atoms with Crippen LogP contribution in [0, 0.1) is 22.9 Å². The van der Waals surface area contributed by atoms with Gasteiger partial charge in [0.05, 0.1) is 17.1 Å². The Morgan fingerprint density at radius 3 is 1.48 bits per heavy atom. The number of imide groups is 1. The molecule has 0 saturated carbocycles. The number of alkyl halides is 1. The van der Waals surface area contributed by atoms with Crippen molar-refractivity contribution in [2.45, 2.75) is 40.5 Å². The molecule has 0 aliphatic carbocycles. The summed E-state index contributed by atoms with van der Waals surface area (Å²) in [4.78, 5) is 63.1. The van der Waals surface area contributed by atoms with Crippen LogP contribution in [0.2, 0.25) is 0 Å². The summed E-state index contributed by atoms with van der Waals surface area (Å²) in [7, 11) is 0. The van der Waals surface area contributed by atoms with E-state index in [2.05, 4.69) is 9.98 Å². The summed E-state index contributed by atoms with van der Waals surface area (Å²) in [6.07, 6.45) is 6.11. The van der Waals surface area contributed by atoms with Crippen LogP contribution >= 0.6 is 34.2 Å². The molecule has 1 aliphatic heterocycles. The van der Waals surface area contributed by atoms with Gasteiger partial charge < -0.3 is 4.74 Å². The second kappa shape index (κ2) is 23.1. The minimum atomic E-state index is -0.912. The van der Waals surface area contributed by atoms with E-state index < -0.39 is 29.0 Å². The number of nitriles is 1. The number of amides is 2. The van der Waals surface area contributed by atoms with Crippen molar-refractivity contribution in [2.75, 3.05) is 9.81 Å². The van der Waals surface area contributed by atoms with Crippen molar-refractivity contribution in [3.8, 4) is 12.0 Å². The number of nitrogens with zero attached hydrogens (tertiary/aromatic N) is 4. The Labute approximate surface area is 341 Å². The Morgan fingerprint density at radius 2 is 1.17 bits per heavy atom. The molecule has 0 aromatic heterocycles. The second-order valence-corrected chi connectivity index (χ2v) is 12.0. The zero-order valence-electron chi connectivity index (χ0n) is 31.8. The molecule has 2 amide bonds. The standard InChI is InChI=1S/C19H16N2O3.C15H10N2O2.C4H7ClO.CH3I.H2I/c1-19(2)17(23)21(18(19)24)16-9-5-14(6-10-16)11-13-3-7-15(8-4-13)20-12-22;16-10-19-15-7-3-13(4-8-15)9-12-1-5-14(6-2-12)17-11-18;1-3(2)4(5)6;1-2;/h3-10H,11H2,1-2H3;1-8H,9H2;3H,1-2H3;1H3;1H2/q;;;;-1/i;;;1D;1D2. The van der Waals surface area contributed by atoms with Crippen molar-refractivity contribution in [3.05, 3.63) is 119 Å². The zero-order valence-corrected chi connectivity index (χ0v) is 33.9. The zero-order chi connectivity index (χ0) is 41.4. The van der Waals surface area contributed by atoms with Crippen LogP contribution in [0.4, 0.5) is 17.1 Å². The third kappa shape index (κ3) is 13.9. The van der Waals surface area contributed by atoms with Crippen LogP contribution in [0.25, 0.3) is 0 Å². The molecule has 5 rings (SSSR count). The summed E-state index contributed by atoms with van der Waals surface area (Å²) in [5.41, 5.74) is 5.21. The summed E-state index contributed by atoms with van der Waals surface area (Å²) >= 11 is 6.02. The van der Waals surface area contributed by atoms with Crippen LogP contribution in [-0.4, -0.2) is 35.3 Å². The molecule has 13 heteroatoms. The van der Waals surface area contributed by atoms with Gasteiger partial charge in [0.25, 0.3) is 6.26 Å². The third-order valence-corrected chi connectivity index (χ3v) is 7.69. The number of benzene rings is 4. The van der Waals surface area contributed by atoms with Crippen LogP contribution < -0.4 is 33.2 Å². The molecule has 0 spiro atoms. The van der Waals surface area contributed by atoms with Gasteiger partial charge in [0.2, 0.25) is 29.2 Å². The van der Waals surface area contributed by atoms with Gasteiger partial charge in [0, 0.05) is 7.29 Å². The van der Waals surface area contributed by atoms with Crippen LogP contribution in [0.5, 0.6) is 5.75 Å². The van der Waals surface area contributed by atoms with E-state index in [1.807, 2.05) is 71.1 Å².